The van der Waals surface area contributed by atoms with Gasteiger partial charge >= 0.3 is 11.2 Å². The van der Waals surface area contributed by atoms with Gasteiger partial charge in [0.15, 0.2) is 0 Å². The number of sulfone groups is 1. The second kappa shape index (κ2) is 8.61. The number of hydrogen-bond donors (Lipinski definition) is 0. The van der Waals surface area contributed by atoms with Crippen LogP contribution in [0.5, 0.6) is 0 Å². The number of carbonyl (C=O) groups is 1. The molecule has 0 atom stereocenters. The van der Waals surface area contributed by atoms with Crippen LogP contribution in [0, 0.1) is 13.8 Å². The summed E-state index contributed by atoms with van der Waals surface area (Å²) in [7, 11) is -4.75. The van der Waals surface area contributed by atoms with E-state index in [1.54, 1.807) is 31.2 Å². The molecule has 2 aromatic rings. The van der Waals surface area contributed by atoms with E-state index in [2.05, 4.69) is 0 Å². The minimum absolute atomic E-state index is 0.0482. The largest absolute Gasteiger partial charge is 0.462 e. The zero-order valence-electron chi connectivity index (χ0n) is 15.2. The maximum Gasteiger partial charge on any atom is 0.350 e. The van der Waals surface area contributed by atoms with E-state index in [-0.39, 0.29) is 19.4 Å². The van der Waals surface area contributed by atoms with Crippen LogP contribution in [-0.4, -0.2) is 26.2 Å². The van der Waals surface area contributed by atoms with Gasteiger partial charge in [0.1, 0.15) is 0 Å². The molecule has 0 radical (unpaired) electrons. The molecule has 0 heterocycles. The zero-order chi connectivity index (χ0) is 20.1. The van der Waals surface area contributed by atoms with Crippen LogP contribution in [-0.2, 0) is 14.6 Å². The highest BCUT2D eigenvalue weighted by atomic mass is 32.2. The predicted octanol–water partition coefficient (Wildman–Crippen LogP) is 4.70. The number of halogens is 2. The Kier molecular flexibility index (Phi) is 6.70. The smallest absolute Gasteiger partial charge is 0.350 e. The summed E-state index contributed by atoms with van der Waals surface area (Å²) in [6, 6.07) is 12.1. The fourth-order valence-electron chi connectivity index (χ4n) is 2.39. The third-order valence-corrected chi connectivity index (χ3v) is 5.99. The van der Waals surface area contributed by atoms with Crippen molar-refractivity contribution in [3.8, 4) is 0 Å². The number of unbranched alkanes of at least 4 members (excludes halogenated alkanes) is 1. The molecule has 7 heteroatoms. The molecule has 0 aliphatic carbocycles. The number of hydrogen-bond acceptors (Lipinski definition) is 4. The van der Waals surface area contributed by atoms with Crippen molar-refractivity contribution >= 4 is 15.8 Å². The lowest BCUT2D eigenvalue weighted by Crippen LogP contribution is -2.29. The average Bonchev–Trinajstić information content (AvgIpc) is 2.62. The third-order valence-electron chi connectivity index (χ3n) is 4.11. The number of carbonyl (C=O) groups excluding carboxylic acids is 1. The fourth-order valence-corrected chi connectivity index (χ4v) is 3.65. The van der Waals surface area contributed by atoms with E-state index in [0.717, 1.165) is 11.1 Å². The van der Waals surface area contributed by atoms with E-state index in [1.165, 1.54) is 24.3 Å². The summed E-state index contributed by atoms with van der Waals surface area (Å²) in [4.78, 5) is 11.4. The third kappa shape index (κ3) is 5.35. The van der Waals surface area contributed by atoms with Crippen molar-refractivity contribution in [3.05, 3.63) is 65.2 Å². The molecule has 0 saturated heterocycles. The predicted molar refractivity (Wildman–Crippen MR) is 98.6 cm³/mol. The Morgan fingerprint density at radius 3 is 2.00 bits per heavy atom. The van der Waals surface area contributed by atoms with Crippen molar-refractivity contribution in [1.82, 2.24) is 0 Å². The molecule has 0 fully saturated rings. The Bertz CT molecular complexity index is 873. The summed E-state index contributed by atoms with van der Waals surface area (Å²) >= 11 is 0. The van der Waals surface area contributed by atoms with Crippen LogP contribution < -0.4 is 0 Å². The van der Waals surface area contributed by atoms with Gasteiger partial charge in [-0.3, -0.25) is 0 Å². The van der Waals surface area contributed by atoms with Gasteiger partial charge in [-0.25, -0.2) is 13.2 Å². The van der Waals surface area contributed by atoms with Crippen molar-refractivity contribution in [2.45, 2.75) is 43.3 Å². The molecule has 0 N–H and O–H groups in total. The van der Waals surface area contributed by atoms with Crippen molar-refractivity contribution < 1.29 is 26.7 Å². The van der Waals surface area contributed by atoms with E-state index in [1.807, 2.05) is 6.92 Å². The molecule has 0 bridgehead atoms. The molecular formula is C20H22F2O4S. The minimum atomic E-state index is -4.75. The van der Waals surface area contributed by atoms with Gasteiger partial charge in [-0.1, -0.05) is 35.4 Å². The molecule has 0 aliphatic rings. The summed E-state index contributed by atoms with van der Waals surface area (Å²) < 4.78 is 57.6. The van der Waals surface area contributed by atoms with Gasteiger partial charge in [0.2, 0.25) is 9.84 Å². The highest BCUT2D eigenvalue weighted by Gasteiger charge is 2.45. The second-order valence-corrected chi connectivity index (χ2v) is 8.49. The topological polar surface area (TPSA) is 60.4 Å². The molecule has 2 rings (SSSR count). The average molecular weight is 396 g/mol. The lowest BCUT2D eigenvalue weighted by Gasteiger charge is -2.17. The molecule has 0 unspecified atom stereocenters. The summed E-state index contributed by atoms with van der Waals surface area (Å²) in [5, 5.41) is -3.87. The van der Waals surface area contributed by atoms with Crippen LogP contribution in [0.1, 0.15) is 40.7 Å². The van der Waals surface area contributed by atoms with Crippen LogP contribution >= 0.6 is 0 Å². The van der Waals surface area contributed by atoms with Crippen molar-refractivity contribution in [2.24, 2.45) is 0 Å². The lowest BCUT2D eigenvalue weighted by atomic mass is 10.1. The van der Waals surface area contributed by atoms with Crippen LogP contribution in [0.4, 0.5) is 8.78 Å². The van der Waals surface area contributed by atoms with Crippen LogP contribution in [0.2, 0.25) is 0 Å². The van der Waals surface area contributed by atoms with E-state index in [0.29, 0.717) is 5.56 Å². The van der Waals surface area contributed by atoms with Crippen LogP contribution in [0.3, 0.4) is 0 Å². The SMILES string of the molecule is Cc1ccc(C(=O)OCCCCC(F)(F)S(=O)(=O)c2ccc(C)cc2)cc1. The van der Waals surface area contributed by atoms with Crippen molar-refractivity contribution in [3.63, 3.8) is 0 Å². The Balaban J connectivity index is 1.83. The number of alkyl halides is 2. The summed E-state index contributed by atoms with van der Waals surface area (Å²) in [6.07, 6.45) is -0.763. The van der Waals surface area contributed by atoms with Gasteiger partial charge in [-0.05, 0) is 51.0 Å². The first kappa shape index (κ1) is 21.0. The summed E-state index contributed by atoms with van der Waals surface area (Å²) in [6.45, 7) is 3.58. The maximum absolute atomic E-state index is 14.2. The Morgan fingerprint density at radius 1 is 0.926 bits per heavy atom. The van der Waals surface area contributed by atoms with Gasteiger partial charge in [0.05, 0.1) is 17.1 Å². The molecule has 0 spiro atoms. The lowest BCUT2D eigenvalue weighted by molar-refractivity contribution is 0.0475. The number of benzene rings is 2. The maximum atomic E-state index is 14.2. The minimum Gasteiger partial charge on any atom is -0.462 e. The molecule has 27 heavy (non-hydrogen) atoms. The van der Waals surface area contributed by atoms with Gasteiger partial charge in [-0.15, -0.1) is 0 Å². The van der Waals surface area contributed by atoms with Crippen LogP contribution in [0.15, 0.2) is 53.4 Å². The molecule has 2 aromatic carbocycles. The zero-order valence-corrected chi connectivity index (χ0v) is 16.1. The van der Waals surface area contributed by atoms with Crippen molar-refractivity contribution in [1.29, 1.82) is 0 Å². The molecule has 146 valence electrons. The molecule has 0 amide bonds. The summed E-state index contributed by atoms with van der Waals surface area (Å²) in [5.74, 6) is -0.533. The Hall–Kier alpha value is -2.28. The van der Waals surface area contributed by atoms with E-state index in [9.17, 15) is 22.0 Å². The molecular weight excluding hydrogens is 374 g/mol. The first-order valence-corrected chi connectivity index (χ1v) is 10.0. The number of rotatable bonds is 8. The van der Waals surface area contributed by atoms with Gasteiger partial charge in [-0.2, -0.15) is 8.78 Å². The van der Waals surface area contributed by atoms with Gasteiger partial charge in [0.25, 0.3) is 0 Å². The summed E-state index contributed by atoms with van der Waals surface area (Å²) in [5.41, 5.74) is 2.17. The van der Waals surface area contributed by atoms with Gasteiger partial charge in [0, 0.05) is 6.42 Å². The van der Waals surface area contributed by atoms with E-state index >= 15 is 0 Å². The van der Waals surface area contributed by atoms with Gasteiger partial charge < -0.3 is 4.74 Å². The second-order valence-electron chi connectivity index (χ2n) is 6.41. The van der Waals surface area contributed by atoms with E-state index < -0.39 is 32.4 Å². The Morgan fingerprint density at radius 2 is 1.44 bits per heavy atom. The first-order valence-electron chi connectivity index (χ1n) is 8.56. The molecule has 4 nitrogen and oxygen atoms in total. The quantitative estimate of drug-likeness (QED) is 0.479. The molecule has 0 saturated carbocycles. The highest BCUT2D eigenvalue weighted by Crippen LogP contribution is 2.33. The standard InChI is InChI=1S/C20H22F2O4S/c1-15-5-9-17(10-6-15)19(23)26-14-4-3-13-20(21,22)27(24,25)18-11-7-16(2)8-12-18/h5-12H,3-4,13-14H2,1-2H3. The Labute approximate surface area is 158 Å². The molecule has 0 aliphatic heterocycles. The molecule has 0 aromatic heterocycles. The normalized spacial score (nSPS) is 12.0. The van der Waals surface area contributed by atoms with Crippen LogP contribution in [0.25, 0.3) is 0 Å². The number of esters is 1. The fraction of sp³-hybridized carbons (Fsp3) is 0.350. The van der Waals surface area contributed by atoms with Crippen molar-refractivity contribution in [2.75, 3.05) is 6.61 Å². The van der Waals surface area contributed by atoms with E-state index in [4.69, 9.17) is 4.74 Å². The first-order chi connectivity index (χ1) is 12.6. The number of ether oxygens (including phenoxy) is 1. The monoisotopic (exact) mass is 396 g/mol. The number of aryl methyl sites for hydroxylation is 2. The highest BCUT2D eigenvalue weighted by molar-refractivity contribution is 7.92.